The van der Waals surface area contributed by atoms with Crippen LogP contribution in [0.1, 0.15) is 17.5 Å². The molecule has 2 rings (SSSR count). The molecule has 0 atom stereocenters. The average Bonchev–Trinajstić information content (AvgIpc) is 2.67. The van der Waals surface area contributed by atoms with Gasteiger partial charge in [-0.2, -0.15) is 0 Å². The molecule has 5 nitrogen and oxygen atoms in total. The fraction of sp³-hybridized carbons (Fsp3) is 0.350. The van der Waals surface area contributed by atoms with Crippen molar-refractivity contribution in [3.05, 3.63) is 65.7 Å². The molecule has 0 unspecified atom stereocenters. The molecule has 0 aliphatic rings. The number of methoxy groups -OCH3 is 1. The lowest BCUT2D eigenvalue weighted by atomic mass is 10.1. The van der Waals surface area contributed by atoms with Crippen molar-refractivity contribution in [2.75, 3.05) is 27.3 Å². The first-order chi connectivity index (χ1) is 12.3. The van der Waals surface area contributed by atoms with Gasteiger partial charge in [0.25, 0.3) is 0 Å². The van der Waals surface area contributed by atoms with Gasteiger partial charge in [-0.25, -0.2) is 0 Å². The van der Waals surface area contributed by atoms with E-state index in [1.165, 1.54) is 5.56 Å². The maximum atomic E-state index is 5.76. The zero-order chi connectivity index (χ0) is 17.7. The molecule has 0 radical (unpaired) electrons. The van der Waals surface area contributed by atoms with Crippen LogP contribution in [0.5, 0.6) is 5.75 Å². The number of guanidine groups is 1. The van der Waals surface area contributed by atoms with Crippen LogP contribution in [0.25, 0.3) is 0 Å². The minimum atomic E-state index is 0.570. The number of nitrogens with one attached hydrogen (secondary N) is 2. The average molecular weight is 341 g/mol. The van der Waals surface area contributed by atoms with E-state index in [4.69, 9.17) is 9.47 Å². The maximum Gasteiger partial charge on any atom is 0.191 e. The second kappa shape index (κ2) is 11.1. The third-order valence-corrected chi connectivity index (χ3v) is 3.67. The van der Waals surface area contributed by atoms with Gasteiger partial charge in [-0.1, -0.05) is 42.5 Å². The summed E-state index contributed by atoms with van der Waals surface area (Å²) in [5.41, 5.74) is 2.35. The SMILES string of the molecule is CN=C(NCCCOC)NCc1ccc(COc2ccccc2)cc1. The molecule has 0 aromatic heterocycles. The summed E-state index contributed by atoms with van der Waals surface area (Å²) >= 11 is 0. The largest absolute Gasteiger partial charge is 0.489 e. The van der Waals surface area contributed by atoms with Crippen LogP contribution in [0.15, 0.2) is 59.6 Å². The standard InChI is InChI=1S/C20H27N3O2/c1-21-20(22-13-6-14-24-2)23-15-17-9-11-18(12-10-17)16-25-19-7-4-3-5-8-19/h3-5,7-12H,6,13-16H2,1-2H3,(H2,21,22,23). The van der Waals surface area contributed by atoms with Gasteiger partial charge in [-0.15, -0.1) is 0 Å². The van der Waals surface area contributed by atoms with Crippen LogP contribution in [0.3, 0.4) is 0 Å². The van der Waals surface area contributed by atoms with Gasteiger partial charge in [0.05, 0.1) is 0 Å². The molecule has 0 amide bonds. The summed E-state index contributed by atoms with van der Waals surface area (Å²) in [4.78, 5) is 4.21. The van der Waals surface area contributed by atoms with Gasteiger partial charge in [0.2, 0.25) is 0 Å². The van der Waals surface area contributed by atoms with Gasteiger partial charge >= 0.3 is 0 Å². The Morgan fingerprint density at radius 2 is 1.68 bits per heavy atom. The molecule has 2 N–H and O–H groups in total. The Morgan fingerprint density at radius 1 is 0.960 bits per heavy atom. The Labute approximate surface area is 150 Å². The van der Waals surface area contributed by atoms with Crippen LogP contribution in [-0.2, 0) is 17.9 Å². The number of aliphatic imine (C=N–C) groups is 1. The zero-order valence-electron chi connectivity index (χ0n) is 15.0. The van der Waals surface area contributed by atoms with Crippen molar-refractivity contribution < 1.29 is 9.47 Å². The molecule has 25 heavy (non-hydrogen) atoms. The Kier molecular flexibility index (Phi) is 8.35. The molecule has 134 valence electrons. The van der Waals surface area contributed by atoms with Crippen molar-refractivity contribution in [3.63, 3.8) is 0 Å². The number of nitrogens with zero attached hydrogens (tertiary/aromatic N) is 1. The molecule has 0 aliphatic heterocycles. The Balaban J connectivity index is 1.74. The summed E-state index contributed by atoms with van der Waals surface area (Å²) in [6.07, 6.45) is 0.952. The molecule has 0 aliphatic carbocycles. The minimum absolute atomic E-state index is 0.570. The van der Waals surface area contributed by atoms with Gasteiger partial charge in [-0.05, 0) is 29.7 Å². The van der Waals surface area contributed by atoms with E-state index < -0.39 is 0 Å². The lowest BCUT2D eigenvalue weighted by Crippen LogP contribution is -2.37. The number of hydrogen-bond donors (Lipinski definition) is 2. The van der Waals surface area contributed by atoms with E-state index in [0.717, 1.165) is 43.4 Å². The highest BCUT2D eigenvalue weighted by Crippen LogP contribution is 2.12. The highest BCUT2D eigenvalue weighted by Gasteiger charge is 2.00. The second-order valence-electron chi connectivity index (χ2n) is 5.62. The highest BCUT2D eigenvalue weighted by molar-refractivity contribution is 5.79. The normalized spacial score (nSPS) is 11.2. The maximum absolute atomic E-state index is 5.76. The molecule has 0 heterocycles. The second-order valence-corrected chi connectivity index (χ2v) is 5.62. The number of rotatable bonds is 9. The van der Waals surface area contributed by atoms with Gasteiger partial charge in [-0.3, -0.25) is 4.99 Å². The molecule has 0 saturated carbocycles. The highest BCUT2D eigenvalue weighted by atomic mass is 16.5. The van der Waals surface area contributed by atoms with Crippen molar-refractivity contribution in [2.24, 2.45) is 4.99 Å². The predicted octanol–water partition coefficient (Wildman–Crippen LogP) is 2.97. The first kappa shape index (κ1) is 18.8. The van der Waals surface area contributed by atoms with Crippen molar-refractivity contribution in [1.29, 1.82) is 0 Å². The van der Waals surface area contributed by atoms with Crippen LogP contribution in [0.4, 0.5) is 0 Å². The molecule has 0 saturated heterocycles. The fourth-order valence-electron chi connectivity index (χ4n) is 2.27. The van der Waals surface area contributed by atoms with E-state index in [1.54, 1.807) is 14.2 Å². The third kappa shape index (κ3) is 7.27. The topological polar surface area (TPSA) is 54.9 Å². The fourth-order valence-corrected chi connectivity index (χ4v) is 2.27. The summed E-state index contributed by atoms with van der Waals surface area (Å²) in [6.45, 7) is 2.88. The van der Waals surface area contributed by atoms with E-state index in [0.29, 0.717) is 6.61 Å². The first-order valence-electron chi connectivity index (χ1n) is 8.51. The molecule has 0 spiro atoms. The van der Waals surface area contributed by atoms with Crippen LogP contribution in [-0.4, -0.2) is 33.3 Å². The van der Waals surface area contributed by atoms with E-state index >= 15 is 0 Å². The lowest BCUT2D eigenvalue weighted by Gasteiger charge is -2.12. The summed E-state index contributed by atoms with van der Waals surface area (Å²) in [6, 6.07) is 18.2. The van der Waals surface area contributed by atoms with Crippen molar-refractivity contribution in [1.82, 2.24) is 10.6 Å². The number of hydrogen-bond acceptors (Lipinski definition) is 3. The Bertz CT molecular complexity index is 627. The molecule has 5 heteroatoms. The van der Waals surface area contributed by atoms with Crippen LogP contribution in [0, 0.1) is 0 Å². The zero-order valence-corrected chi connectivity index (χ0v) is 15.0. The van der Waals surface area contributed by atoms with Crippen LogP contribution < -0.4 is 15.4 Å². The smallest absolute Gasteiger partial charge is 0.191 e. The Morgan fingerprint density at radius 3 is 2.36 bits per heavy atom. The van der Waals surface area contributed by atoms with Gasteiger partial charge in [0.15, 0.2) is 5.96 Å². The summed E-state index contributed by atoms with van der Waals surface area (Å²) < 4.78 is 10.8. The summed E-state index contributed by atoms with van der Waals surface area (Å²) in [5, 5.41) is 6.57. The summed E-state index contributed by atoms with van der Waals surface area (Å²) in [7, 11) is 3.48. The number of ether oxygens (including phenoxy) is 2. The molecular weight excluding hydrogens is 314 g/mol. The lowest BCUT2D eigenvalue weighted by molar-refractivity contribution is 0.195. The molecular formula is C20H27N3O2. The van der Waals surface area contributed by atoms with Crippen LogP contribution in [0.2, 0.25) is 0 Å². The predicted molar refractivity (Wildman–Crippen MR) is 102 cm³/mol. The van der Waals surface area contributed by atoms with Gasteiger partial charge in [0.1, 0.15) is 12.4 Å². The molecule has 0 bridgehead atoms. The first-order valence-corrected chi connectivity index (χ1v) is 8.51. The molecule has 2 aromatic rings. The van der Waals surface area contributed by atoms with E-state index in [1.807, 2.05) is 30.3 Å². The van der Waals surface area contributed by atoms with Gasteiger partial charge in [0, 0.05) is 33.9 Å². The quantitative estimate of drug-likeness (QED) is 0.418. The monoisotopic (exact) mass is 341 g/mol. The van der Waals surface area contributed by atoms with E-state index in [9.17, 15) is 0 Å². The van der Waals surface area contributed by atoms with Gasteiger partial charge < -0.3 is 20.1 Å². The third-order valence-electron chi connectivity index (χ3n) is 3.67. The van der Waals surface area contributed by atoms with Crippen LogP contribution >= 0.6 is 0 Å². The van der Waals surface area contributed by atoms with E-state index in [-0.39, 0.29) is 0 Å². The van der Waals surface area contributed by atoms with Crippen molar-refractivity contribution >= 4 is 5.96 Å². The number of benzene rings is 2. The summed E-state index contributed by atoms with van der Waals surface area (Å²) in [5.74, 6) is 1.68. The van der Waals surface area contributed by atoms with Crippen molar-refractivity contribution in [2.45, 2.75) is 19.6 Å². The van der Waals surface area contributed by atoms with E-state index in [2.05, 4.69) is 39.9 Å². The van der Waals surface area contributed by atoms with Crippen molar-refractivity contribution in [3.8, 4) is 5.75 Å². The molecule has 0 fully saturated rings. The number of para-hydroxylation sites is 1. The Hall–Kier alpha value is -2.53. The minimum Gasteiger partial charge on any atom is -0.489 e. The molecule has 2 aromatic carbocycles.